The summed E-state index contributed by atoms with van der Waals surface area (Å²) in [6.45, 7) is -0.486. The normalized spacial score (nSPS) is 10.6. The van der Waals surface area contributed by atoms with Gasteiger partial charge in [0.15, 0.2) is 18.7 Å². The van der Waals surface area contributed by atoms with E-state index in [1.807, 2.05) is 41.8 Å². The van der Waals surface area contributed by atoms with Crippen LogP contribution in [0.25, 0.3) is 47.8 Å². The zero-order chi connectivity index (χ0) is 73.5. The summed E-state index contributed by atoms with van der Waals surface area (Å²) < 4.78 is 16.7. The van der Waals surface area contributed by atoms with E-state index in [2.05, 4.69) is 36.9 Å². The summed E-state index contributed by atoms with van der Waals surface area (Å²) in [5, 5.41) is 58.1. The minimum atomic E-state index is -1.13. The molecule has 0 aliphatic rings. The van der Waals surface area contributed by atoms with Gasteiger partial charge >= 0.3 is 23.9 Å². The van der Waals surface area contributed by atoms with Crippen molar-refractivity contribution in [3.8, 4) is 53.3 Å². The second-order valence-electron chi connectivity index (χ2n) is 21.0. The molecule has 0 unspecified atom stereocenters. The Morgan fingerprint density at radius 3 is 1.50 bits per heavy atom. The van der Waals surface area contributed by atoms with Crippen molar-refractivity contribution in [3.63, 3.8) is 0 Å². The number of aryl methyl sites for hydroxylation is 1. The largest absolute Gasteiger partial charge is 0.484 e. The Labute approximate surface area is 633 Å². The first-order valence-electron chi connectivity index (χ1n) is 29.9. The van der Waals surface area contributed by atoms with Crippen molar-refractivity contribution in [1.29, 1.82) is 0 Å². The Balaban J connectivity index is 0.000000160. The number of thiophene rings is 6. The Hall–Kier alpha value is -10.2. The number of furan rings is 1. The summed E-state index contributed by atoms with van der Waals surface area (Å²) in [6, 6.07) is 40.3. The molecule has 0 aliphatic carbocycles. The fraction of sp³-hybridized carbons (Fsp3) is 0.0685. The molecule has 0 saturated heterocycles. The van der Waals surface area contributed by atoms with Crippen LogP contribution in [0.5, 0.6) is 11.5 Å². The van der Waals surface area contributed by atoms with Gasteiger partial charge in [-0.1, -0.05) is 105 Å². The number of hydrogen-bond acceptors (Lipinski definition) is 19. The van der Waals surface area contributed by atoms with Crippen LogP contribution in [-0.2, 0) is 32.0 Å². The number of aromatic nitrogens is 1. The van der Waals surface area contributed by atoms with E-state index in [0.29, 0.717) is 92.7 Å². The molecule has 8 aromatic heterocycles. The quantitative estimate of drug-likeness (QED) is 0.0206. The van der Waals surface area contributed by atoms with E-state index in [4.69, 9.17) is 48.7 Å². The van der Waals surface area contributed by atoms with Gasteiger partial charge in [0.25, 0.3) is 5.91 Å². The van der Waals surface area contributed by atoms with Crippen molar-refractivity contribution >= 4 is 196 Å². The number of hydrogen-bond donors (Lipinski definition) is 7. The number of pyridine rings is 1. The molecular weight excluding hydrogens is 1570 g/mol. The molecule has 524 valence electrons. The lowest BCUT2D eigenvalue weighted by atomic mass is 10.0. The van der Waals surface area contributed by atoms with E-state index in [0.717, 1.165) is 26.0 Å². The van der Waals surface area contributed by atoms with Crippen LogP contribution in [0.1, 0.15) is 73.7 Å². The third-order valence-electron chi connectivity index (χ3n) is 14.0. The lowest BCUT2D eigenvalue weighted by Crippen LogP contribution is -2.21. The topological polar surface area (TPSA) is 315 Å². The molecule has 4 aromatic carbocycles. The van der Waals surface area contributed by atoms with Crippen LogP contribution in [0, 0.1) is 0 Å². The number of aromatic carboxylic acids is 4. The third kappa shape index (κ3) is 21.9. The number of ether oxygens (including phenoxy) is 2. The van der Waals surface area contributed by atoms with Gasteiger partial charge < -0.3 is 50.3 Å². The highest BCUT2D eigenvalue weighted by Crippen LogP contribution is 2.40. The van der Waals surface area contributed by atoms with Gasteiger partial charge in [-0.05, 0) is 141 Å². The Bertz CT molecular complexity index is 4980. The number of halogens is 4. The summed E-state index contributed by atoms with van der Waals surface area (Å²) in [6.07, 6.45) is 8.94. The van der Waals surface area contributed by atoms with E-state index >= 15 is 0 Å². The van der Waals surface area contributed by atoms with Gasteiger partial charge in [0, 0.05) is 70.5 Å². The second-order valence-corrected chi connectivity index (χ2v) is 28.8. The molecule has 0 saturated carbocycles. The lowest BCUT2D eigenvalue weighted by Gasteiger charge is -2.08. The number of anilines is 3. The van der Waals surface area contributed by atoms with Crippen LogP contribution in [0.2, 0.25) is 15.1 Å². The molecule has 0 atom stereocenters. The molecular formula is C73H52BrCl3N4O16S6. The first-order chi connectivity index (χ1) is 49.6. The minimum absolute atomic E-state index is 0.0343. The average molecular weight is 1620 g/mol. The fourth-order valence-corrected chi connectivity index (χ4v) is 15.4. The highest BCUT2D eigenvalue weighted by Gasteiger charge is 2.26. The van der Waals surface area contributed by atoms with E-state index in [1.165, 1.54) is 81.3 Å². The van der Waals surface area contributed by atoms with Crippen molar-refractivity contribution in [2.45, 2.75) is 19.3 Å². The third-order valence-corrected chi connectivity index (χ3v) is 21.2. The standard InChI is InChI=1S/C19H13ClO5S2.C18H14BrNO3S2.C18H13ClN2O4S.C18H12ClNO4S/c20-13-3-1-11(2-4-13)18-17(19(23)24)12(10-27-18)7-14(22)9-25-15-5-6-26-16(15)8-21;19-12-5-3-11(4-6-12)17-16(18(22)23)14(10-25-17)20-15(21)8-7-13-2-1-9-24-13;19-12-5-3-11(4-6-12)17-16(18(23)24)14(10-26-17)21-15(22)9-25-13-2-1-7-20-8-13;19-12-5-3-11(4-6-12)17-16(18(22)23)14(10-25-17)20-15(21)8-7-13-2-1-9-24-13/h1-6,8,10H,7,9H2,(H,23,24);1-6,9-10H,7-8H2,(H,20,21)(H,22,23);1-8,10H,9H2,(H,21,22)(H,23,24);1-10H,(H,20,21)(H,22,23)/b;;;8-7+. The molecule has 3 amide bonds. The number of benzene rings is 4. The second kappa shape index (κ2) is 37.7. The maximum atomic E-state index is 12.3. The monoisotopic (exact) mass is 1620 g/mol. The molecule has 8 heterocycles. The van der Waals surface area contributed by atoms with Gasteiger partial charge in [0.1, 0.15) is 45.4 Å². The predicted octanol–water partition coefficient (Wildman–Crippen LogP) is 19.5. The zero-order valence-electron chi connectivity index (χ0n) is 52.8. The zero-order valence-corrected chi connectivity index (χ0v) is 61.6. The summed E-state index contributed by atoms with van der Waals surface area (Å²) in [5.74, 6) is -4.41. The van der Waals surface area contributed by atoms with Gasteiger partial charge in [-0.2, -0.15) is 0 Å². The highest BCUT2D eigenvalue weighted by atomic mass is 79.9. The number of amides is 3. The molecule has 0 spiro atoms. The van der Waals surface area contributed by atoms with Crippen molar-refractivity contribution in [3.05, 3.63) is 259 Å². The maximum absolute atomic E-state index is 12.3. The molecule has 0 aliphatic heterocycles. The van der Waals surface area contributed by atoms with Crippen molar-refractivity contribution in [2.24, 2.45) is 0 Å². The molecule has 12 aromatic rings. The number of nitrogens with zero attached hydrogens (tertiary/aromatic N) is 1. The van der Waals surface area contributed by atoms with Crippen LogP contribution in [0.15, 0.2) is 205 Å². The van der Waals surface area contributed by atoms with Gasteiger partial charge in [0.05, 0.1) is 49.7 Å². The Kier molecular flexibility index (Phi) is 28.2. The summed E-state index contributed by atoms with van der Waals surface area (Å²) in [7, 11) is 0. The van der Waals surface area contributed by atoms with Crippen LogP contribution in [0.3, 0.4) is 0 Å². The smallest absolute Gasteiger partial charge is 0.339 e. The van der Waals surface area contributed by atoms with Crippen molar-refractivity contribution in [2.75, 3.05) is 29.2 Å². The lowest BCUT2D eigenvalue weighted by molar-refractivity contribution is -0.120. The SMILES string of the molecule is O=C(/C=C/c1ccco1)Nc1csc(-c2ccc(Cl)cc2)c1C(=O)O.O=C(CCc1cccs1)Nc1csc(-c2ccc(Br)cc2)c1C(=O)O.O=C(COc1cccnc1)Nc1csc(-c2ccc(Cl)cc2)c1C(=O)O.O=Cc1sccc1OCC(=O)Cc1csc(-c2ccc(Cl)cc2)c1C(=O)O. The van der Waals surface area contributed by atoms with Gasteiger partial charge in [-0.15, -0.1) is 68.0 Å². The van der Waals surface area contributed by atoms with Crippen LogP contribution < -0.4 is 25.4 Å². The minimum Gasteiger partial charge on any atom is -0.484 e. The number of carbonyl (C=O) groups is 9. The summed E-state index contributed by atoms with van der Waals surface area (Å²) in [4.78, 5) is 114. The van der Waals surface area contributed by atoms with E-state index < -0.39 is 35.7 Å². The average Bonchev–Trinajstić information content (AvgIpc) is 1.70. The summed E-state index contributed by atoms with van der Waals surface area (Å²) >= 11 is 28.9. The first kappa shape index (κ1) is 77.0. The van der Waals surface area contributed by atoms with Crippen molar-refractivity contribution in [1.82, 2.24) is 4.98 Å². The summed E-state index contributed by atoms with van der Waals surface area (Å²) in [5.41, 5.74) is 4.57. The van der Waals surface area contributed by atoms with E-state index in [9.17, 15) is 63.6 Å². The molecule has 103 heavy (non-hydrogen) atoms. The number of carboxylic acids is 4. The van der Waals surface area contributed by atoms with Crippen LogP contribution in [-0.4, -0.2) is 92.3 Å². The van der Waals surface area contributed by atoms with E-state index in [-0.39, 0.29) is 65.0 Å². The molecule has 30 heteroatoms. The number of nitrogens with one attached hydrogen (secondary N) is 3. The van der Waals surface area contributed by atoms with Gasteiger partial charge in [0.2, 0.25) is 11.8 Å². The number of Topliss-reactive ketones (excluding diaryl/α,β-unsaturated/α-hetero) is 1. The Morgan fingerprint density at radius 1 is 0.524 bits per heavy atom. The van der Waals surface area contributed by atoms with Crippen molar-refractivity contribution < 1.29 is 77.5 Å². The maximum Gasteiger partial charge on any atom is 0.339 e. The molecule has 0 fully saturated rings. The first-order valence-corrected chi connectivity index (χ1v) is 37.1. The molecule has 7 N–H and O–H groups in total. The number of rotatable bonds is 25. The number of carboxylic acid groups (broad SMARTS) is 4. The predicted molar refractivity (Wildman–Crippen MR) is 410 cm³/mol. The van der Waals surface area contributed by atoms with E-state index in [1.54, 1.807) is 148 Å². The highest BCUT2D eigenvalue weighted by molar-refractivity contribution is 9.10. The molecule has 20 nitrogen and oxygen atoms in total. The number of ketones is 1. The van der Waals surface area contributed by atoms with Crippen LogP contribution >= 0.6 is 119 Å². The molecule has 12 rings (SSSR count). The molecule has 0 bridgehead atoms. The molecule has 0 radical (unpaired) electrons. The number of aldehydes is 1. The van der Waals surface area contributed by atoms with Gasteiger partial charge in [-0.3, -0.25) is 29.0 Å². The van der Waals surface area contributed by atoms with Gasteiger partial charge in [-0.25, -0.2) is 19.2 Å². The fourth-order valence-electron chi connectivity index (χ4n) is 9.33. The number of carbonyl (C=O) groups excluding carboxylic acids is 5. The van der Waals surface area contributed by atoms with Crippen LogP contribution in [0.4, 0.5) is 17.1 Å². The Morgan fingerprint density at radius 2 is 1.03 bits per heavy atom.